The highest BCUT2D eigenvalue weighted by Crippen LogP contribution is 2.38. The Morgan fingerprint density at radius 1 is 1.21 bits per heavy atom. The van der Waals surface area contributed by atoms with Gasteiger partial charge in [0.05, 0.1) is 30.3 Å². The van der Waals surface area contributed by atoms with E-state index in [9.17, 15) is 5.11 Å². The van der Waals surface area contributed by atoms with Crippen molar-refractivity contribution >= 4 is 49.7 Å². The number of rotatable bonds is 4. The van der Waals surface area contributed by atoms with E-state index in [0.29, 0.717) is 27.9 Å². The van der Waals surface area contributed by atoms with E-state index in [1.165, 1.54) is 14.2 Å². The van der Waals surface area contributed by atoms with Gasteiger partial charge in [0.1, 0.15) is 5.82 Å². The number of hydrogen-bond donors (Lipinski definition) is 2. The van der Waals surface area contributed by atoms with Crippen LogP contribution < -0.4 is 9.47 Å². The molecule has 0 radical (unpaired) electrons. The summed E-state index contributed by atoms with van der Waals surface area (Å²) in [6, 6.07) is 9.08. The number of hydrogen-bond acceptors (Lipinski definition) is 4. The van der Waals surface area contributed by atoms with Crippen molar-refractivity contribution in [2.45, 2.75) is 0 Å². The molecule has 0 saturated carbocycles. The number of nitrogens with zero attached hydrogens (tertiary/aromatic N) is 1. The van der Waals surface area contributed by atoms with E-state index >= 15 is 0 Å². The lowest BCUT2D eigenvalue weighted by atomic mass is 10.1. The van der Waals surface area contributed by atoms with Crippen LogP contribution in [-0.2, 0) is 0 Å². The molecule has 24 heavy (non-hydrogen) atoms. The number of H-pyrrole nitrogens is 1. The van der Waals surface area contributed by atoms with E-state index in [1.807, 2.05) is 18.2 Å². The second-order valence-corrected chi connectivity index (χ2v) is 6.34. The Kier molecular flexibility index (Phi) is 4.69. The Morgan fingerprint density at radius 2 is 1.88 bits per heavy atom. The largest absolute Gasteiger partial charge is 0.502 e. The van der Waals surface area contributed by atoms with Crippen molar-refractivity contribution in [2.24, 2.45) is 0 Å². The van der Waals surface area contributed by atoms with Gasteiger partial charge in [0.2, 0.25) is 5.75 Å². The molecule has 0 amide bonds. The lowest BCUT2D eigenvalue weighted by Gasteiger charge is -2.09. The average molecular weight is 410 g/mol. The van der Waals surface area contributed by atoms with Crippen molar-refractivity contribution in [3.8, 4) is 17.2 Å². The van der Waals surface area contributed by atoms with E-state index in [0.717, 1.165) is 15.5 Å². The first kappa shape index (κ1) is 16.7. The molecule has 0 aliphatic carbocycles. The van der Waals surface area contributed by atoms with Gasteiger partial charge < -0.3 is 19.6 Å². The van der Waals surface area contributed by atoms with Crippen LogP contribution in [0.25, 0.3) is 22.1 Å². The highest BCUT2D eigenvalue weighted by Gasteiger charge is 2.12. The SMILES string of the molecule is COc1cc(C=C(Cl)c2nc3ccc(Br)cc3[nH]2)cc(OC)c1O. The minimum atomic E-state index is -0.0538. The van der Waals surface area contributed by atoms with Crippen LogP contribution in [0.2, 0.25) is 0 Å². The van der Waals surface area contributed by atoms with Crippen molar-refractivity contribution in [3.63, 3.8) is 0 Å². The molecule has 0 spiro atoms. The Balaban J connectivity index is 2.03. The lowest BCUT2D eigenvalue weighted by molar-refractivity contribution is 0.340. The molecule has 1 aromatic heterocycles. The number of ether oxygens (including phenoxy) is 2. The van der Waals surface area contributed by atoms with E-state index < -0.39 is 0 Å². The molecule has 7 heteroatoms. The quantitative estimate of drug-likeness (QED) is 0.650. The molecule has 0 fully saturated rings. The number of benzene rings is 2. The Morgan fingerprint density at radius 3 is 2.50 bits per heavy atom. The highest BCUT2D eigenvalue weighted by atomic mass is 79.9. The second kappa shape index (κ2) is 6.75. The minimum Gasteiger partial charge on any atom is -0.502 e. The summed E-state index contributed by atoms with van der Waals surface area (Å²) < 4.78 is 11.2. The van der Waals surface area contributed by atoms with Gasteiger partial charge >= 0.3 is 0 Å². The number of phenolic OH excluding ortho intramolecular Hbond substituents is 1. The summed E-state index contributed by atoms with van der Waals surface area (Å²) in [6.45, 7) is 0. The van der Waals surface area contributed by atoms with Crippen LogP contribution in [0.5, 0.6) is 17.2 Å². The zero-order valence-corrected chi connectivity index (χ0v) is 15.3. The Hall–Kier alpha value is -2.18. The van der Waals surface area contributed by atoms with Crippen molar-refractivity contribution in [1.82, 2.24) is 9.97 Å². The third kappa shape index (κ3) is 3.20. The zero-order valence-electron chi connectivity index (χ0n) is 12.9. The molecular weight excluding hydrogens is 396 g/mol. The maximum atomic E-state index is 9.96. The lowest BCUT2D eigenvalue weighted by Crippen LogP contribution is -1.90. The van der Waals surface area contributed by atoms with Crippen LogP contribution in [0, 0.1) is 0 Å². The maximum absolute atomic E-state index is 9.96. The van der Waals surface area contributed by atoms with Crippen molar-refractivity contribution in [3.05, 3.63) is 46.2 Å². The molecular formula is C17H14BrClN2O3. The van der Waals surface area contributed by atoms with Gasteiger partial charge in [-0.05, 0) is 42.0 Å². The number of imidazole rings is 1. The summed E-state index contributed by atoms with van der Waals surface area (Å²) in [4.78, 5) is 7.64. The molecule has 3 rings (SSSR count). The van der Waals surface area contributed by atoms with Gasteiger partial charge in [0.15, 0.2) is 11.5 Å². The fourth-order valence-corrected chi connectivity index (χ4v) is 2.88. The third-order valence-corrected chi connectivity index (χ3v) is 4.25. The molecule has 0 saturated heterocycles. The first-order valence-electron chi connectivity index (χ1n) is 6.99. The summed E-state index contributed by atoms with van der Waals surface area (Å²) in [7, 11) is 2.95. The fourth-order valence-electron chi connectivity index (χ4n) is 2.31. The third-order valence-electron chi connectivity index (χ3n) is 3.47. The van der Waals surface area contributed by atoms with Gasteiger partial charge in [0, 0.05) is 4.47 Å². The second-order valence-electron chi connectivity index (χ2n) is 5.01. The number of phenols is 1. The Bertz CT molecular complexity index is 912. The average Bonchev–Trinajstić information content (AvgIpc) is 2.99. The molecule has 0 aliphatic heterocycles. The van der Waals surface area contributed by atoms with Crippen molar-refractivity contribution < 1.29 is 14.6 Å². The molecule has 2 N–H and O–H groups in total. The van der Waals surface area contributed by atoms with Crippen molar-refractivity contribution in [2.75, 3.05) is 14.2 Å². The maximum Gasteiger partial charge on any atom is 0.200 e. The molecule has 5 nitrogen and oxygen atoms in total. The van der Waals surface area contributed by atoms with Gasteiger partial charge in [-0.1, -0.05) is 27.5 Å². The molecule has 3 aromatic rings. The number of aromatic hydroxyl groups is 1. The van der Waals surface area contributed by atoms with E-state index in [2.05, 4.69) is 25.9 Å². The summed E-state index contributed by atoms with van der Waals surface area (Å²) >= 11 is 9.82. The number of fused-ring (bicyclic) bond motifs is 1. The zero-order chi connectivity index (χ0) is 17.3. The van der Waals surface area contributed by atoms with Crippen LogP contribution >= 0.6 is 27.5 Å². The molecule has 2 aromatic carbocycles. The molecule has 0 atom stereocenters. The van der Waals surface area contributed by atoms with Crippen LogP contribution in [0.3, 0.4) is 0 Å². The van der Waals surface area contributed by atoms with Gasteiger partial charge in [-0.3, -0.25) is 0 Å². The van der Waals surface area contributed by atoms with Crippen molar-refractivity contribution in [1.29, 1.82) is 0 Å². The smallest absolute Gasteiger partial charge is 0.200 e. The van der Waals surface area contributed by atoms with Gasteiger partial charge in [-0.25, -0.2) is 4.98 Å². The van der Waals surface area contributed by atoms with Crippen LogP contribution in [-0.4, -0.2) is 29.3 Å². The normalized spacial score (nSPS) is 11.8. The first-order valence-corrected chi connectivity index (χ1v) is 8.16. The first-order chi connectivity index (χ1) is 11.5. The van der Waals surface area contributed by atoms with Gasteiger partial charge in [-0.15, -0.1) is 0 Å². The highest BCUT2D eigenvalue weighted by molar-refractivity contribution is 9.10. The van der Waals surface area contributed by atoms with Crippen LogP contribution in [0.15, 0.2) is 34.8 Å². The molecule has 1 heterocycles. The molecule has 124 valence electrons. The number of aromatic amines is 1. The topological polar surface area (TPSA) is 67.4 Å². The minimum absolute atomic E-state index is 0.0538. The number of halogens is 2. The molecule has 0 aliphatic rings. The number of nitrogens with one attached hydrogen (secondary N) is 1. The predicted molar refractivity (Wildman–Crippen MR) is 98.7 cm³/mol. The molecule has 0 bridgehead atoms. The van der Waals surface area contributed by atoms with E-state index in [4.69, 9.17) is 21.1 Å². The fraction of sp³-hybridized carbons (Fsp3) is 0.118. The van der Waals surface area contributed by atoms with E-state index in [-0.39, 0.29) is 5.75 Å². The predicted octanol–water partition coefficient (Wildman–Crippen LogP) is 4.79. The van der Waals surface area contributed by atoms with Crippen LogP contribution in [0.4, 0.5) is 0 Å². The summed E-state index contributed by atoms with van der Waals surface area (Å²) in [5, 5.41) is 10.4. The standard InChI is InChI=1S/C17H14BrClN2O3/c1-23-14-6-9(7-15(24-2)16(14)22)5-11(19)17-20-12-4-3-10(18)8-13(12)21-17/h3-8,22H,1-2H3,(H,20,21). The van der Waals surface area contributed by atoms with E-state index in [1.54, 1.807) is 18.2 Å². The monoisotopic (exact) mass is 408 g/mol. The number of aromatic nitrogens is 2. The summed E-state index contributed by atoms with van der Waals surface area (Å²) in [5.41, 5.74) is 2.42. The number of methoxy groups -OCH3 is 2. The van der Waals surface area contributed by atoms with Gasteiger partial charge in [0.25, 0.3) is 0 Å². The summed E-state index contributed by atoms with van der Waals surface area (Å²) in [6.07, 6.45) is 1.72. The Labute approximate surface area is 152 Å². The summed E-state index contributed by atoms with van der Waals surface area (Å²) in [5.74, 6) is 1.11. The van der Waals surface area contributed by atoms with Gasteiger partial charge in [-0.2, -0.15) is 0 Å². The molecule has 0 unspecified atom stereocenters. The van der Waals surface area contributed by atoms with Crippen LogP contribution in [0.1, 0.15) is 11.4 Å².